The highest BCUT2D eigenvalue weighted by molar-refractivity contribution is 9.11. The maximum atomic E-state index is 12.3. The van der Waals surface area contributed by atoms with Gasteiger partial charge in [-0.2, -0.15) is 0 Å². The molecule has 0 aliphatic heterocycles. The quantitative estimate of drug-likeness (QED) is 0.415. The first-order chi connectivity index (χ1) is 10.9. The van der Waals surface area contributed by atoms with Gasteiger partial charge in [0.2, 0.25) is 5.91 Å². The molecule has 3 N–H and O–H groups in total. The number of carbonyl (C=O) groups is 2. The molecule has 0 aromatic heterocycles. The van der Waals surface area contributed by atoms with Crippen molar-refractivity contribution in [2.75, 3.05) is 0 Å². The number of nitrogens with one attached hydrogen (secondary N) is 1. The molecule has 1 aromatic rings. The molecule has 126 valence electrons. The van der Waals surface area contributed by atoms with Crippen LogP contribution in [-0.2, 0) is 4.79 Å². The molecule has 1 rings (SSSR count). The SMILES string of the molecule is C=CCCCCCC[C@H](NC(=O)c1cc(Br)cc(Br)c1)C(N)=O. The van der Waals surface area contributed by atoms with Crippen molar-refractivity contribution in [3.8, 4) is 0 Å². The Morgan fingerprint density at radius 3 is 2.30 bits per heavy atom. The number of nitrogens with two attached hydrogens (primary N) is 1. The fraction of sp³-hybridized carbons (Fsp3) is 0.412. The molecule has 1 aromatic carbocycles. The van der Waals surface area contributed by atoms with Crippen molar-refractivity contribution in [2.24, 2.45) is 5.73 Å². The molecule has 0 fully saturated rings. The van der Waals surface area contributed by atoms with Crippen molar-refractivity contribution in [3.05, 3.63) is 45.4 Å². The predicted molar refractivity (Wildman–Crippen MR) is 100 cm³/mol. The minimum Gasteiger partial charge on any atom is -0.368 e. The van der Waals surface area contributed by atoms with Gasteiger partial charge in [0.15, 0.2) is 0 Å². The van der Waals surface area contributed by atoms with E-state index in [2.05, 4.69) is 43.8 Å². The Hall–Kier alpha value is -1.14. The Balaban J connectivity index is 2.53. The highest BCUT2D eigenvalue weighted by Gasteiger charge is 2.19. The minimum absolute atomic E-state index is 0.303. The van der Waals surface area contributed by atoms with Crippen LogP contribution in [0.15, 0.2) is 39.8 Å². The van der Waals surface area contributed by atoms with Crippen molar-refractivity contribution in [3.63, 3.8) is 0 Å². The first kappa shape index (κ1) is 19.9. The molecule has 0 radical (unpaired) electrons. The number of allylic oxidation sites excluding steroid dienone is 1. The molecule has 0 saturated heterocycles. The Kier molecular flexibility index (Phi) is 9.17. The summed E-state index contributed by atoms with van der Waals surface area (Å²) in [7, 11) is 0. The number of hydrogen-bond donors (Lipinski definition) is 2. The lowest BCUT2D eigenvalue weighted by atomic mass is 10.1. The van der Waals surface area contributed by atoms with E-state index in [0.29, 0.717) is 12.0 Å². The van der Waals surface area contributed by atoms with E-state index in [1.54, 1.807) is 12.1 Å². The van der Waals surface area contributed by atoms with Crippen LogP contribution in [0.1, 0.15) is 48.9 Å². The van der Waals surface area contributed by atoms with E-state index in [1.807, 2.05) is 12.1 Å². The third-order valence-corrected chi connectivity index (χ3v) is 4.34. The molecule has 0 heterocycles. The number of unbranched alkanes of at least 4 members (excludes halogenated alkanes) is 4. The number of rotatable bonds is 10. The Labute approximate surface area is 154 Å². The first-order valence-electron chi connectivity index (χ1n) is 7.61. The lowest BCUT2D eigenvalue weighted by Gasteiger charge is -2.15. The second-order valence-corrected chi connectivity index (χ2v) is 7.20. The van der Waals surface area contributed by atoms with Gasteiger partial charge in [0.05, 0.1) is 0 Å². The fourth-order valence-electron chi connectivity index (χ4n) is 2.20. The summed E-state index contributed by atoms with van der Waals surface area (Å²) >= 11 is 6.68. The molecular weight excluding hydrogens is 424 g/mol. The summed E-state index contributed by atoms with van der Waals surface area (Å²) in [6.07, 6.45) is 7.52. The predicted octanol–water partition coefficient (Wildman–Crippen LogP) is 4.32. The smallest absolute Gasteiger partial charge is 0.252 e. The van der Waals surface area contributed by atoms with Crippen LogP contribution < -0.4 is 11.1 Å². The van der Waals surface area contributed by atoms with E-state index in [9.17, 15) is 9.59 Å². The molecule has 0 unspecified atom stereocenters. The van der Waals surface area contributed by atoms with Gasteiger partial charge in [0, 0.05) is 14.5 Å². The first-order valence-corrected chi connectivity index (χ1v) is 9.20. The highest BCUT2D eigenvalue weighted by atomic mass is 79.9. The van der Waals surface area contributed by atoms with E-state index in [1.165, 1.54) is 0 Å². The van der Waals surface area contributed by atoms with Gasteiger partial charge in [-0.05, 0) is 37.5 Å². The zero-order chi connectivity index (χ0) is 17.2. The zero-order valence-electron chi connectivity index (χ0n) is 13.0. The summed E-state index contributed by atoms with van der Waals surface area (Å²) in [5, 5.41) is 2.72. The molecule has 4 nitrogen and oxygen atoms in total. The van der Waals surface area contributed by atoms with Crippen LogP contribution in [0.25, 0.3) is 0 Å². The summed E-state index contributed by atoms with van der Waals surface area (Å²) in [6.45, 7) is 3.69. The van der Waals surface area contributed by atoms with Gasteiger partial charge in [-0.1, -0.05) is 57.2 Å². The van der Waals surface area contributed by atoms with Crippen molar-refractivity contribution < 1.29 is 9.59 Å². The third-order valence-electron chi connectivity index (χ3n) is 3.42. The molecule has 0 bridgehead atoms. The summed E-state index contributed by atoms with van der Waals surface area (Å²) < 4.78 is 1.57. The number of amides is 2. The van der Waals surface area contributed by atoms with Gasteiger partial charge >= 0.3 is 0 Å². The highest BCUT2D eigenvalue weighted by Crippen LogP contribution is 2.20. The minimum atomic E-state index is -0.639. The normalized spacial score (nSPS) is 11.7. The molecule has 0 spiro atoms. The van der Waals surface area contributed by atoms with E-state index >= 15 is 0 Å². The van der Waals surface area contributed by atoms with E-state index in [-0.39, 0.29) is 5.91 Å². The van der Waals surface area contributed by atoms with Gasteiger partial charge in [0.1, 0.15) is 6.04 Å². The van der Waals surface area contributed by atoms with Crippen LogP contribution in [0.5, 0.6) is 0 Å². The maximum absolute atomic E-state index is 12.3. The largest absolute Gasteiger partial charge is 0.368 e. The van der Waals surface area contributed by atoms with E-state index < -0.39 is 11.9 Å². The molecule has 1 atom stereocenters. The lowest BCUT2D eigenvalue weighted by Crippen LogP contribution is -2.44. The Morgan fingerprint density at radius 1 is 1.13 bits per heavy atom. The molecular formula is C17H22Br2N2O2. The van der Waals surface area contributed by atoms with Crippen LogP contribution in [0.3, 0.4) is 0 Å². The van der Waals surface area contributed by atoms with Gasteiger partial charge in [-0.3, -0.25) is 9.59 Å². The third kappa shape index (κ3) is 7.79. The van der Waals surface area contributed by atoms with Crippen LogP contribution in [0, 0.1) is 0 Å². The Morgan fingerprint density at radius 2 is 1.74 bits per heavy atom. The number of halogens is 2. The van der Waals surface area contributed by atoms with Crippen molar-refractivity contribution in [1.82, 2.24) is 5.32 Å². The average molecular weight is 446 g/mol. The number of benzene rings is 1. The zero-order valence-corrected chi connectivity index (χ0v) is 16.2. The van der Waals surface area contributed by atoms with Crippen molar-refractivity contribution in [1.29, 1.82) is 0 Å². The second-order valence-electron chi connectivity index (χ2n) is 5.37. The second kappa shape index (κ2) is 10.6. The molecule has 23 heavy (non-hydrogen) atoms. The Bertz CT molecular complexity index is 541. The van der Waals surface area contributed by atoms with E-state index in [4.69, 9.17) is 5.73 Å². The summed E-state index contributed by atoms with van der Waals surface area (Å²) in [5.41, 5.74) is 5.88. The van der Waals surface area contributed by atoms with Crippen molar-refractivity contribution >= 4 is 43.7 Å². The van der Waals surface area contributed by atoms with Crippen molar-refractivity contribution in [2.45, 2.75) is 44.6 Å². The van der Waals surface area contributed by atoms with Crippen LogP contribution in [0.4, 0.5) is 0 Å². The van der Waals surface area contributed by atoms with Crippen LogP contribution >= 0.6 is 31.9 Å². The fourth-order valence-corrected chi connectivity index (χ4v) is 3.50. The lowest BCUT2D eigenvalue weighted by molar-refractivity contribution is -0.120. The molecule has 0 aliphatic rings. The summed E-state index contributed by atoms with van der Waals surface area (Å²) in [6, 6.07) is 4.60. The maximum Gasteiger partial charge on any atom is 0.252 e. The van der Waals surface area contributed by atoms with E-state index in [0.717, 1.165) is 41.0 Å². The molecule has 6 heteroatoms. The van der Waals surface area contributed by atoms with Gasteiger partial charge in [0.25, 0.3) is 5.91 Å². The van der Waals surface area contributed by atoms with Crippen LogP contribution in [-0.4, -0.2) is 17.9 Å². The number of hydrogen-bond acceptors (Lipinski definition) is 2. The number of primary amides is 1. The molecule has 0 saturated carbocycles. The number of carbonyl (C=O) groups excluding carboxylic acids is 2. The molecule has 2 amide bonds. The van der Waals surface area contributed by atoms with Crippen LogP contribution in [0.2, 0.25) is 0 Å². The van der Waals surface area contributed by atoms with Gasteiger partial charge in [-0.15, -0.1) is 6.58 Å². The molecule has 0 aliphatic carbocycles. The summed E-state index contributed by atoms with van der Waals surface area (Å²) in [5.74, 6) is -0.805. The monoisotopic (exact) mass is 444 g/mol. The van der Waals surface area contributed by atoms with Gasteiger partial charge < -0.3 is 11.1 Å². The average Bonchev–Trinajstić information content (AvgIpc) is 2.48. The summed E-state index contributed by atoms with van der Waals surface area (Å²) in [4.78, 5) is 23.8. The standard InChI is InChI=1S/C17H22Br2N2O2/c1-2-3-4-5-6-7-8-15(16(20)22)21-17(23)12-9-13(18)11-14(19)10-12/h2,9-11,15H,1,3-8H2,(H2,20,22)(H,21,23)/t15-/m0/s1. The van der Waals surface area contributed by atoms with Gasteiger partial charge in [-0.25, -0.2) is 0 Å². The topological polar surface area (TPSA) is 72.2 Å².